The van der Waals surface area contributed by atoms with E-state index in [-0.39, 0.29) is 11.9 Å². The average molecular weight is 397 g/mol. The first-order valence-corrected chi connectivity index (χ1v) is 10.1. The number of methoxy groups -OCH3 is 2. The number of benzene rings is 1. The zero-order valence-electron chi connectivity index (χ0n) is 16.4. The molecule has 1 aliphatic heterocycles. The van der Waals surface area contributed by atoms with E-state index < -0.39 is 0 Å². The number of rotatable bonds is 4. The number of carbonyl (C=O) groups excluding carboxylic acids is 1. The van der Waals surface area contributed by atoms with Crippen molar-refractivity contribution >= 4 is 17.2 Å². The van der Waals surface area contributed by atoms with Crippen LogP contribution >= 0.6 is 11.3 Å². The number of ether oxygens (including phenoxy) is 2. The van der Waals surface area contributed by atoms with Gasteiger partial charge in [0.05, 0.1) is 25.8 Å². The van der Waals surface area contributed by atoms with Crippen molar-refractivity contribution in [3.63, 3.8) is 0 Å². The van der Waals surface area contributed by atoms with Gasteiger partial charge in [-0.25, -0.2) is 0 Å². The third kappa shape index (κ3) is 3.07. The molecule has 5 nitrogen and oxygen atoms in total. The number of hydrogen-bond donors (Lipinski definition) is 0. The second-order valence-corrected chi connectivity index (χ2v) is 7.88. The molecule has 0 N–H and O–H groups in total. The van der Waals surface area contributed by atoms with Crippen LogP contribution in [0.25, 0.3) is 0 Å². The quantitative estimate of drug-likeness (QED) is 0.637. The van der Waals surface area contributed by atoms with E-state index in [1.54, 1.807) is 25.6 Å². The normalized spacial score (nSPS) is 16.0. The molecule has 1 atom stereocenters. The predicted octanol–water partition coefficient (Wildman–Crippen LogP) is 4.76. The Morgan fingerprint density at radius 3 is 2.54 bits per heavy atom. The molecule has 28 heavy (non-hydrogen) atoms. The third-order valence-corrected chi connectivity index (χ3v) is 6.14. The highest BCUT2D eigenvalue weighted by Crippen LogP contribution is 2.42. The van der Waals surface area contributed by atoms with Gasteiger partial charge in [0.2, 0.25) is 0 Å². The van der Waals surface area contributed by atoms with Gasteiger partial charge in [-0.15, -0.1) is 11.3 Å². The van der Waals surface area contributed by atoms with Gasteiger partial charge in [-0.1, -0.05) is 6.07 Å². The molecule has 3 heterocycles. The van der Waals surface area contributed by atoms with Crippen LogP contribution in [0.2, 0.25) is 0 Å². The summed E-state index contributed by atoms with van der Waals surface area (Å²) < 4.78 is 16.6. The van der Waals surface area contributed by atoms with Crippen LogP contribution in [0, 0.1) is 13.8 Å². The fraction of sp³-hybridized carbons (Fsp3) is 0.318. The number of thiophene rings is 1. The number of nitrogens with zero attached hydrogens (tertiary/aromatic N) is 1. The summed E-state index contributed by atoms with van der Waals surface area (Å²) in [5, 5.41) is 2.04. The summed E-state index contributed by atoms with van der Waals surface area (Å²) in [6.45, 7) is 4.34. The molecule has 0 saturated carbocycles. The number of carbonyl (C=O) groups is 1. The highest BCUT2D eigenvalue weighted by Gasteiger charge is 2.35. The van der Waals surface area contributed by atoms with E-state index in [2.05, 4.69) is 6.07 Å². The van der Waals surface area contributed by atoms with E-state index in [0.29, 0.717) is 29.4 Å². The van der Waals surface area contributed by atoms with Gasteiger partial charge in [0.1, 0.15) is 11.5 Å². The molecule has 0 spiro atoms. The second-order valence-electron chi connectivity index (χ2n) is 6.90. The largest absolute Gasteiger partial charge is 0.493 e. The van der Waals surface area contributed by atoms with Crippen LogP contribution in [-0.2, 0) is 6.42 Å². The Bertz CT molecular complexity index is 1010. The van der Waals surface area contributed by atoms with Gasteiger partial charge in [0.15, 0.2) is 11.5 Å². The van der Waals surface area contributed by atoms with E-state index in [1.807, 2.05) is 48.4 Å². The molecule has 0 fully saturated rings. The first-order chi connectivity index (χ1) is 13.5. The van der Waals surface area contributed by atoms with Crippen molar-refractivity contribution in [2.75, 3.05) is 20.8 Å². The standard InChI is InChI=1S/C22H23NO4S/c1-13-10-16(14(2)27-13)22(24)23-8-7-15-11-18(25-3)19(26-4)12-17(15)21(23)20-6-5-9-28-20/h5-6,9-12,21H,7-8H2,1-4H3. The van der Waals surface area contributed by atoms with Gasteiger partial charge >= 0.3 is 0 Å². The molecule has 0 radical (unpaired) electrons. The maximum atomic E-state index is 13.4. The lowest BCUT2D eigenvalue weighted by molar-refractivity contribution is 0.0695. The van der Waals surface area contributed by atoms with Gasteiger partial charge in [-0.2, -0.15) is 0 Å². The number of fused-ring (bicyclic) bond motifs is 1. The van der Waals surface area contributed by atoms with Gasteiger partial charge in [-0.3, -0.25) is 4.79 Å². The van der Waals surface area contributed by atoms with Gasteiger partial charge in [0, 0.05) is 11.4 Å². The molecule has 1 amide bonds. The Hall–Kier alpha value is -2.73. The lowest BCUT2D eigenvalue weighted by atomic mass is 9.90. The second kappa shape index (κ2) is 7.36. The maximum absolute atomic E-state index is 13.4. The van der Waals surface area contributed by atoms with Crippen LogP contribution in [-0.4, -0.2) is 31.6 Å². The number of amides is 1. The number of hydrogen-bond acceptors (Lipinski definition) is 5. The monoisotopic (exact) mass is 397 g/mol. The minimum absolute atomic E-state index is 0.00631. The van der Waals surface area contributed by atoms with Crippen molar-refractivity contribution in [3.8, 4) is 11.5 Å². The Balaban J connectivity index is 1.83. The summed E-state index contributed by atoms with van der Waals surface area (Å²) in [6, 6.07) is 9.80. The van der Waals surface area contributed by atoms with Crippen molar-refractivity contribution in [1.29, 1.82) is 0 Å². The maximum Gasteiger partial charge on any atom is 0.258 e. The van der Waals surface area contributed by atoms with E-state index in [1.165, 1.54) is 5.56 Å². The zero-order valence-corrected chi connectivity index (χ0v) is 17.3. The molecule has 1 aliphatic rings. The van der Waals surface area contributed by atoms with E-state index in [4.69, 9.17) is 13.9 Å². The summed E-state index contributed by atoms with van der Waals surface area (Å²) >= 11 is 1.65. The number of aryl methyl sites for hydroxylation is 2. The van der Waals surface area contributed by atoms with Crippen molar-refractivity contribution in [1.82, 2.24) is 4.90 Å². The van der Waals surface area contributed by atoms with Gasteiger partial charge in [0.25, 0.3) is 5.91 Å². The highest BCUT2D eigenvalue weighted by molar-refractivity contribution is 7.10. The van der Waals surface area contributed by atoms with Crippen LogP contribution in [0.3, 0.4) is 0 Å². The molecule has 0 aliphatic carbocycles. The first kappa shape index (κ1) is 18.6. The molecule has 0 bridgehead atoms. The summed E-state index contributed by atoms with van der Waals surface area (Å²) in [4.78, 5) is 16.5. The summed E-state index contributed by atoms with van der Waals surface area (Å²) in [5.74, 6) is 2.79. The Labute approximate surface area is 168 Å². The SMILES string of the molecule is COc1cc2c(cc1OC)C(c1cccs1)N(C(=O)c1cc(C)oc1C)CC2. The van der Waals surface area contributed by atoms with E-state index >= 15 is 0 Å². The number of furan rings is 1. The minimum atomic E-state index is -0.161. The summed E-state index contributed by atoms with van der Waals surface area (Å²) in [5.41, 5.74) is 2.89. The first-order valence-electron chi connectivity index (χ1n) is 9.19. The zero-order chi connectivity index (χ0) is 19.8. The van der Waals surface area contributed by atoms with Crippen LogP contribution in [0.15, 0.2) is 40.1 Å². The fourth-order valence-electron chi connectivity index (χ4n) is 3.92. The lowest BCUT2D eigenvalue weighted by Gasteiger charge is -2.37. The van der Waals surface area contributed by atoms with Crippen molar-refractivity contribution in [2.45, 2.75) is 26.3 Å². The van der Waals surface area contributed by atoms with Crippen molar-refractivity contribution in [3.05, 3.63) is 68.8 Å². The van der Waals surface area contributed by atoms with Gasteiger partial charge < -0.3 is 18.8 Å². The smallest absolute Gasteiger partial charge is 0.258 e. The Kier molecular flexibility index (Phi) is 4.89. The van der Waals surface area contributed by atoms with Crippen molar-refractivity contribution < 1.29 is 18.7 Å². The van der Waals surface area contributed by atoms with Gasteiger partial charge in [-0.05, 0) is 61.0 Å². The molecule has 0 saturated heterocycles. The van der Waals surface area contributed by atoms with E-state index in [9.17, 15) is 4.79 Å². The molecular weight excluding hydrogens is 374 g/mol. The molecule has 6 heteroatoms. The molecule has 1 aromatic carbocycles. The van der Waals surface area contributed by atoms with Crippen LogP contribution in [0.1, 0.15) is 43.9 Å². The van der Waals surface area contributed by atoms with Crippen LogP contribution < -0.4 is 9.47 Å². The highest BCUT2D eigenvalue weighted by atomic mass is 32.1. The fourth-order valence-corrected chi connectivity index (χ4v) is 4.77. The molecule has 2 aromatic heterocycles. The summed E-state index contributed by atoms with van der Waals surface area (Å²) in [6.07, 6.45) is 0.763. The van der Waals surface area contributed by atoms with Crippen molar-refractivity contribution in [2.24, 2.45) is 0 Å². The minimum Gasteiger partial charge on any atom is -0.493 e. The van der Waals surface area contributed by atoms with Crippen LogP contribution in [0.5, 0.6) is 11.5 Å². The third-order valence-electron chi connectivity index (χ3n) is 5.22. The average Bonchev–Trinajstić information content (AvgIpc) is 3.34. The molecule has 3 aromatic rings. The summed E-state index contributed by atoms with van der Waals surface area (Å²) in [7, 11) is 3.28. The molecule has 4 rings (SSSR count). The molecular formula is C22H23NO4S. The van der Waals surface area contributed by atoms with Crippen LogP contribution in [0.4, 0.5) is 0 Å². The molecule has 146 valence electrons. The lowest BCUT2D eigenvalue weighted by Crippen LogP contribution is -2.40. The Morgan fingerprint density at radius 2 is 1.93 bits per heavy atom. The topological polar surface area (TPSA) is 51.9 Å². The molecule has 1 unspecified atom stereocenters. The predicted molar refractivity (Wildman–Crippen MR) is 109 cm³/mol. The van der Waals surface area contributed by atoms with E-state index in [0.717, 1.165) is 22.6 Å². The Morgan fingerprint density at radius 1 is 1.18 bits per heavy atom.